The Hall–Kier alpha value is -1.31. The van der Waals surface area contributed by atoms with Crippen LogP contribution >= 0.6 is 0 Å². The summed E-state index contributed by atoms with van der Waals surface area (Å²) in [5.74, 6) is 0. The molecule has 0 amide bonds. The van der Waals surface area contributed by atoms with E-state index in [-0.39, 0.29) is 4.90 Å². The van der Waals surface area contributed by atoms with Gasteiger partial charge in [0, 0.05) is 40.3 Å². The molecule has 0 bridgehead atoms. The Kier molecular flexibility index (Phi) is 4.75. The second-order valence-electron chi connectivity index (χ2n) is 5.43. The largest absolute Gasteiger partial charge is 0.397 e. The molecule has 0 saturated carbocycles. The van der Waals surface area contributed by atoms with Crippen LogP contribution in [0.15, 0.2) is 23.1 Å². The zero-order valence-corrected chi connectivity index (χ0v) is 13.7. The minimum Gasteiger partial charge on any atom is -0.397 e. The molecule has 0 radical (unpaired) electrons. The Balaban J connectivity index is 2.29. The fourth-order valence-electron chi connectivity index (χ4n) is 2.47. The Morgan fingerprint density at radius 2 is 1.81 bits per heavy atom. The molecule has 1 fully saturated rings. The highest BCUT2D eigenvalue weighted by Gasteiger charge is 2.22. The third-order valence-electron chi connectivity index (χ3n) is 3.94. The molecule has 2 N–H and O–H groups in total. The van der Waals surface area contributed by atoms with Crippen LogP contribution in [0.2, 0.25) is 0 Å². The number of sulfonamides is 1. The standard InChI is InChI=1S/C14H24N4O2S/c1-4-17-7-9-18(10-8-17)14-11-12(5-6-13(14)15)21(19,20)16(2)3/h5-6,11H,4,7-10,15H2,1-3H3. The van der Waals surface area contributed by atoms with E-state index in [1.165, 1.54) is 18.4 Å². The Labute approximate surface area is 127 Å². The molecule has 1 aromatic carbocycles. The van der Waals surface area contributed by atoms with Gasteiger partial charge in [-0.25, -0.2) is 12.7 Å². The van der Waals surface area contributed by atoms with Gasteiger partial charge in [-0.3, -0.25) is 0 Å². The van der Waals surface area contributed by atoms with Crippen molar-refractivity contribution in [1.29, 1.82) is 0 Å². The van der Waals surface area contributed by atoms with Gasteiger partial charge in [0.2, 0.25) is 10.0 Å². The molecule has 1 aliphatic heterocycles. The van der Waals surface area contributed by atoms with E-state index in [9.17, 15) is 8.42 Å². The summed E-state index contributed by atoms with van der Waals surface area (Å²) in [4.78, 5) is 4.82. The third-order valence-corrected chi connectivity index (χ3v) is 5.75. The third kappa shape index (κ3) is 3.30. The summed E-state index contributed by atoms with van der Waals surface area (Å²) in [5.41, 5.74) is 7.48. The van der Waals surface area contributed by atoms with Crippen molar-refractivity contribution in [3.05, 3.63) is 18.2 Å². The van der Waals surface area contributed by atoms with Crippen molar-refractivity contribution in [1.82, 2.24) is 9.21 Å². The molecule has 7 heteroatoms. The molecule has 118 valence electrons. The number of nitrogens with two attached hydrogens (primary N) is 1. The lowest BCUT2D eigenvalue weighted by Crippen LogP contribution is -2.46. The predicted molar refractivity (Wildman–Crippen MR) is 86.1 cm³/mol. The fourth-order valence-corrected chi connectivity index (χ4v) is 3.40. The van der Waals surface area contributed by atoms with Gasteiger partial charge in [-0.2, -0.15) is 0 Å². The van der Waals surface area contributed by atoms with Crippen LogP contribution in [-0.4, -0.2) is 64.4 Å². The van der Waals surface area contributed by atoms with Crippen molar-refractivity contribution in [2.45, 2.75) is 11.8 Å². The second-order valence-corrected chi connectivity index (χ2v) is 7.58. The van der Waals surface area contributed by atoms with Crippen molar-refractivity contribution < 1.29 is 8.42 Å². The first-order chi connectivity index (χ1) is 9.86. The number of anilines is 2. The molecular formula is C14H24N4O2S. The number of likely N-dealkylation sites (N-methyl/N-ethyl adjacent to an activating group) is 1. The van der Waals surface area contributed by atoms with E-state index in [1.807, 2.05) is 0 Å². The maximum absolute atomic E-state index is 12.2. The number of hydrogen-bond donors (Lipinski definition) is 1. The van der Waals surface area contributed by atoms with Gasteiger partial charge in [0.15, 0.2) is 0 Å². The lowest BCUT2D eigenvalue weighted by Gasteiger charge is -2.36. The average Bonchev–Trinajstić information content (AvgIpc) is 2.47. The molecular weight excluding hydrogens is 288 g/mol. The second kappa shape index (κ2) is 6.21. The Bertz CT molecular complexity index is 593. The molecule has 0 aromatic heterocycles. The number of rotatable bonds is 4. The van der Waals surface area contributed by atoms with Crippen LogP contribution in [0.3, 0.4) is 0 Å². The zero-order valence-electron chi connectivity index (χ0n) is 12.9. The summed E-state index contributed by atoms with van der Waals surface area (Å²) in [5, 5.41) is 0. The van der Waals surface area contributed by atoms with Crippen LogP contribution in [-0.2, 0) is 10.0 Å². The molecule has 1 aromatic rings. The van der Waals surface area contributed by atoms with Crippen LogP contribution in [0.4, 0.5) is 11.4 Å². The first kappa shape index (κ1) is 16.1. The summed E-state index contributed by atoms with van der Waals surface area (Å²) < 4.78 is 25.7. The predicted octanol–water partition coefficient (Wildman–Crippen LogP) is 0.661. The Morgan fingerprint density at radius 1 is 1.19 bits per heavy atom. The highest BCUT2D eigenvalue weighted by atomic mass is 32.2. The summed E-state index contributed by atoms with van der Waals surface area (Å²) >= 11 is 0. The van der Waals surface area contributed by atoms with Crippen LogP contribution in [0.5, 0.6) is 0 Å². The van der Waals surface area contributed by atoms with Gasteiger partial charge in [-0.1, -0.05) is 6.92 Å². The molecule has 0 aliphatic carbocycles. The van der Waals surface area contributed by atoms with Crippen molar-refractivity contribution in [2.24, 2.45) is 0 Å². The molecule has 2 rings (SSSR count). The maximum Gasteiger partial charge on any atom is 0.242 e. The lowest BCUT2D eigenvalue weighted by atomic mass is 10.2. The summed E-state index contributed by atoms with van der Waals surface area (Å²) in [6.45, 7) is 6.86. The summed E-state index contributed by atoms with van der Waals surface area (Å²) in [6, 6.07) is 4.93. The van der Waals surface area contributed by atoms with E-state index >= 15 is 0 Å². The van der Waals surface area contributed by atoms with Gasteiger partial charge in [-0.05, 0) is 24.7 Å². The van der Waals surface area contributed by atoms with Crippen molar-refractivity contribution in [2.75, 3.05) is 57.5 Å². The first-order valence-electron chi connectivity index (χ1n) is 7.15. The number of hydrogen-bond acceptors (Lipinski definition) is 5. The number of piperazine rings is 1. The van der Waals surface area contributed by atoms with E-state index < -0.39 is 10.0 Å². The topological polar surface area (TPSA) is 69.9 Å². The molecule has 0 atom stereocenters. The monoisotopic (exact) mass is 312 g/mol. The van der Waals surface area contributed by atoms with E-state index in [2.05, 4.69) is 16.7 Å². The smallest absolute Gasteiger partial charge is 0.242 e. The van der Waals surface area contributed by atoms with Gasteiger partial charge in [-0.15, -0.1) is 0 Å². The van der Waals surface area contributed by atoms with E-state index in [4.69, 9.17) is 5.73 Å². The van der Waals surface area contributed by atoms with Gasteiger partial charge >= 0.3 is 0 Å². The van der Waals surface area contributed by atoms with E-state index in [1.54, 1.807) is 18.2 Å². The minimum atomic E-state index is -3.43. The van der Waals surface area contributed by atoms with Crippen LogP contribution in [0.25, 0.3) is 0 Å². The molecule has 1 saturated heterocycles. The minimum absolute atomic E-state index is 0.287. The molecule has 0 spiro atoms. The fraction of sp³-hybridized carbons (Fsp3) is 0.571. The number of nitrogens with zero attached hydrogens (tertiary/aromatic N) is 3. The normalized spacial score (nSPS) is 17.4. The first-order valence-corrected chi connectivity index (χ1v) is 8.59. The number of benzene rings is 1. The summed E-state index contributed by atoms with van der Waals surface area (Å²) in [6.07, 6.45) is 0. The lowest BCUT2D eigenvalue weighted by molar-refractivity contribution is 0.271. The van der Waals surface area contributed by atoms with Crippen LogP contribution in [0.1, 0.15) is 6.92 Å². The van der Waals surface area contributed by atoms with Gasteiger partial charge < -0.3 is 15.5 Å². The Morgan fingerprint density at radius 3 is 2.33 bits per heavy atom. The van der Waals surface area contributed by atoms with Gasteiger partial charge in [0.25, 0.3) is 0 Å². The highest BCUT2D eigenvalue weighted by Crippen LogP contribution is 2.28. The molecule has 0 unspecified atom stereocenters. The number of nitrogen functional groups attached to an aromatic ring is 1. The SMILES string of the molecule is CCN1CCN(c2cc(S(=O)(=O)N(C)C)ccc2N)CC1. The van der Waals surface area contributed by atoms with Crippen LogP contribution < -0.4 is 10.6 Å². The highest BCUT2D eigenvalue weighted by molar-refractivity contribution is 7.89. The molecule has 21 heavy (non-hydrogen) atoms. The van der Waals surface area contributed by atoms with Crippen molar-refractivity contribution >= 4 is 21.4 Å². The van der Waals surface area contributed by atoms with Crippen LogP contribution in [0, 0.1) is 0 Å². The average molecular weight is 312 g/mol. The van der Waals surface area contributed by atoms with Crippen molar-refractivity contribution in [3.63, 3.8) is 0 Å². The van der Waals surface area contributed by atoms with Crippen molar-refractivity contribution in [3.8, 4) is 0 Å². The molecule has 1 heterocycles. The summed E-state index contributed by atoms with van der Waals surface area (Å²) in [7, 11) is -0.363. The van der Waals surface area contributed by atoms with E-state index in [0.717, 1.165) is 38.4 Å². The maximum atomic E-state index is 12.2. The van der Waals surface area contributed by atoms with Gasteiger partial charge in [0.05, 0.1) is 16.3 Å². The molecule has 6 nitrogen and oxygen atoms in total. The van der Waals surface area contributed by atoms with E-state index in [0.29, 0.717) is 5.69 Å². The molecule has 1 aliphatic rings. The quantitative estimate of drug-likeness (QED) is 0.827. The van der Waals surface area contributed by atoms with Gasteiger partial charge in [0.1, 0.15) is 0 Å². The zero-order chi connectivity index (χ0) is 15.6.